The van der Waals surface area contributed by atoms with Crippen LogP contribution in [0.5, 0.6) is 0 Å². The van der Waals surface area contributed by atoms with Gasteiger partial charge in [0.25, 0.3) is 5.91 Å². The first-order chi connectivity index (χ1) is 9.20. The summed E-state index contributed by atoms with van der Waals surface area (Å²) >= 11 is 1.77. The van der Waals surface area contributed by atoms with Crippen LogP contribution in [0, 0.1) is 6.92 Å². The number of aryl methyl sites for hydroxylation is 1. The highest BCUT2D eigenvalue weighted by Gasteiger charge is 2.13. The van der Waals surface area contributed by atoms with Gasteiger partial charge in [-0.15, -0.1) is 0 Å². The van der Waals surface area contributed by atoms with Crippen molar-refractivity contribution in [3.63, 3.8) is 0 Å². The zero-order chi connectivity index (χ0) is 15.3. The monoisotopic (exact) mass is 296 g/mol. The van der Waals surface area contributed by atoms with Gasteiger partial charge in [-0.25, -0.2) is 9.78 Å². The van der Waals surface area contributed by atoms with Crippen LogP contribution in [0.3, 0.4) is 0 Å². The Morgan fingerprint density at radius 1 is 1.35 bits per heavy atom. The van der Waals surface area contributed by atoms with Crippen LogP contribution in [0.25, 0.3) is 0 Å². The fraction of sp³-hybridized carbons (Fsp3) is 0.500. The minimum Gasteiger partial charge on any atom is -0.478 e. The van der Waals surface area contributed by atoms with E-state index in [4.69, 9.17) is 5.11 Å². The number of aromatic carboxylic acids is 1. The lowest BCUT2D eigenvalue weighted by atomic mass is 10.2. The van der Waals surface area contributed by atoms with Crippen molar-refractivity contribution in [1.29, 1.82) is 0 Å². The Hall–Kier alpha value is -1.56. The fourth-order valence-electron chi connectivity index (χ4n) is 1.53. The molecule has 1 aromatic heterocycles. The van der Waals surface area contributed by atoms with Gasteiger partial charge in [-0.2, -0.15) is 11.8 Å². The maximum absolute atomic E-state index is 11.9. The summed E-state index contributed by atoms with van der Waals surface area (Å²) in [5.74, 6) is -0.496. The van der Waals surface area contributed by atoms with Crippen molar-refractivity contribution < 1.29 is 14.7 Å². The largest absolute Gasteiger partial charge is 0.478 e. The summed E-state index contributed by atoms with van der Waals surface area (Å²) < 4.78 is 0.169. The number of hydrogen-bond donors (Lipinski definition) is 2. The molecule has 0 atom stereocenters. The second-order valence-corrected chi connectivity index (χ2v) is 7.27. The van der Waals surface area contributed by atoms with E-state index in [1.54, 1.807) is 18.7 Å². The molecule has 0 saturated heterocycles. The van der Waals surface area contributed by atoms with Gasteiger partial charge in [0.15, 0.2) is 0 Å². The third-order valence-corrected chi connectivity index (χ3v) is 3.75. The van der Waals surface area contributed by atoms with E-state index in [2.05, 4.69) is 31.1 Å². The van der Waals surface area contributed by atoms with Gasteiger partial charge in [0.2, 0.25) is 0 Å². The average Bonchev–Trinajstić information content (AvgIpc) is 2.32. The molecule has 0 unspecified atom stereocenters. The smallest absolute Gasteiger partial charge is 0.337 e. The molecule has 5 nitrogen and oxygen atoms in total. The highest BCUT2D eigenvalue weighted by molar-refractivity contribution is 8.00. The molecule has 2 N–H and O–H groups in total. The predicted molar refractivity (Wildman–Crippen MR) is 80.5 cm³/mol. The maximum Gasteiger partial charge on any atom is 0.337 e. The van der Waals surface area contributed by atoms with Gasteiger partial charge in [0.1, 0.15) is 5.69 Å². The van der Waals surface area contributed by atoms with Gasteiger partial charge in [-0.3, -0.25) is 4.79 Å². The summed E-state index contributed by atoms with van der Waals surface area (Å²) in [6, 6.07) is 2.84. The van der Waals surface area contributed by atoms with E-state index in [1.807, 2.05) is 0 Å². The van der Waals surface area contributed by atoms with Crippen molar-refractivity contribution in [3.8, 4) is 0 Å². The first-order valence-corrected chi connectivity index (χ1v) is 7.32. The summed E-state index contributed by atoms with van der Waals surface area (Å²) in [4.78, 5) is 26.8. The Bertz CT molecular complexity index is 510. The van der Waals surface area contributed by atoms with Crippen LogP contribution in [0.2, 0.25) is 0 Å². The van der Waals surface area contributed by atoms with Crippen LogP contribution in [0.15, 0.2) is 12.1 Å². The SMILES string of the molecule is Cc1nc(C(=O)NCCSC(C)(C)C)ccc1C(=O)O. The normalized spacial score (nSPS) is 11.2. The second kappa shape index (κ2) is 6.74. The highest BCUT2D eigenvalue weighted by Crippen LogP contribution is 2.22. The van der Waals surface area contributed by atoms with Crippen molar-refractivity contribution in [3.05, 3.63) is 29.1 Å². The lowest BCUT2D eigenvalue weighted by Gasteiger charge is -2.17. The van der Waals surface area contributed by atoms with E-state index in [1.165, 1.54) is 12.1 Å². The number of rotatable bonds is 5. The number of carbonyl (C=O) groups excluding carboxylic acids is 1. The summed E-state index contributed by atoms with van der Waals surface area (Å²) in [5.41, 5.74) is 0.701. The van der Waals surface area contributed by atoms with Crippen LogP contribution in [0.1, 0.15) is 47.3 Å². The number of thioether (sulfide) groups is 1. The number of carboxylic acid groups (broad SMARTS) is 1. The molecule has 0 bridgehead atoms. The van der Waals surface area contributed by atoms with Gasteiger partial charge >= 0.3 is 5.97 Å². The summed E-state index contributed by atoms with van der Waals surface area (Å²) in [6.45, 7) is 8.50. The molecule has 20 heavy (non-hydrogen) atoms. The van der Waals surface area contributed by atoms with Gasteiger partial charge in [-0.05, 0) is 19.1 Å². The average molecular weight is 296 g/mol. The van der Waals surface area contributed by atoms with Gasteiger partial charge in [0, 0.05) is 17.0 Å². The molecule has 0 fully saturated rings. The number of nitrogens with zero attached hydrogens (tertiary/aromatic N) is 1. The molecule has 0 aromatic carbocycles. The van der Waals surface area contributed by atoms with E-state index >= 15 is 0 Å². The molecule has 0 saturated carbocycles. The summed E-state index contributed by atoms with van der Waals surface area (Å²) in [6.07, 6.45) is 0. The molecular weight excluding hydrogens is 276 g/mol. The number of hydrogen-bond acceptors (Lipinski definition) is 4. The molecule has 0 aliphatic rings. The molecule has 0 aliphatic carbocycles. The third kappa shape index (κ3) is 5.21. The highest BCUT2D eigenvalue weighted by atomic mass is 32.2. The van der Waals surface area contributed by atoms with E-state index in [-0.39, 0.29) is 21.9 Å². The molecule has 1 rings (SSSR count). The third-order valence-electron chi connectivity index (χ3n) is 2.47. The second-order valence-electron chi connectivity index (χ2n) is 5.35. The zero-order valence-corrected chi connectivity index (χ0v) is 13.0. The van der Waals surface area contributed by atoms with Crippen LogP contribution in [0.4, 0.5) is 0 Å². The minimum absolute atomic E-state index is 0.116. The lowest BCUT2D eigenvalue weighted by Crippen LogP contribution is -2.28. The van der Waals surface area contributed by atoms with E-state index < -0.39 is 5.97 Å². The lowest BCUT2D eigenvalue weighted by molar-refractivity contribution is 0.0694. The van der Waals surface area contributed by atoms with E-state index in [0.29, 0.717) is 12.2 Å². The number of pyridine rings is 1. The van der Waals surface area contributed by atoms with E-state index in [0.717, 1.165) is 5.75 Å². The molecule has 1 amide bonds. The van der Waals surface area contributed by atoms with Crippen molar-refractivity contribution in [2.24, 2.45) is 0 Å². The Morgan fingerprint density at radius 3 is 2.50 bits per heavy atom. The number of carbonyl (C=O) groups is 2. The molecule has 6 heteroatoms. The molecule has 0 radical (unpaired) electrons. The number of nitrogens with one attached hydrogen (secondary N) is 1. The summed E-state index contributed by atoms with van der Waals surface area (Å²) in [5, 5.41) is 11.7. The molecule has 1 aromatic rings. The zero-order valence-electron chi connectivity index (χ0n) is 12.2. The number of carboxylic acids is 1. The Balaban J connectivity index is 2.56. The molecular formula is C14H20N2O3S. The van der Waals surface area contributed by atoms with Crippen LogP contribution in [-0.4, -0.2) is 39.0 Å². The minimum atomic E-state index is -1.04. The maximum atomic E-state index is 11.9. The summed E-state index contributed by atoms with van der Waals surface area (Å²) in [7, 11) is 0. The number of amides is 1. The first kappa shape index (κ1) is 16.5. The van der Waals surface area contributed by atoms with E-state index in [9.17, 15) is 9.59 Å². The topological polar surface area (TPSA) is 79.3 Å². The molecule has 1 heterocycles. The van der Waals surface area contributed by atoms with Crippen molar-refractivity contribution >= 4 is 23.6 Å². The molecule has 0 aliphatic heterocycles. The van der Waals surface area contributed by atoms with Gasteiger partial charge in [0.05, 0.1) is 11.3 Å². The van der Waals surface area contributed by atoms with Gasteiger partial charge in [-0.1, -0.05) is 20.8 Å². The van der Waals surface area contributed by atoms with Crippen LogP contribution in [-0.2, 0) is 0 Å². The van der Waals surface area contributed by atoms with Gasteiger partial charge < -0.3 is 10.4 Å². The fourth-order valence-corrected chi connectivity index (χ4v) is 2.34. The molecule has 0 spiro atoms. The molecule has 110 valence electrons. The Morgan fingerprint density at radius 2 is 2.00 bits per heavy atom. The number of aromatic nitrogens is 1. The van der Waals surface area contributed by atoms with Crippen LogP contribution < -0.4 is 5.32 Å². The Labute approximate surface area is 123 Å². The standard InChI is InChI=1S/C14H20N2O3S/c1-9-10(13(18)19)5-6-11(16-9)12(17)15-7-8-20-14(2,3)4/h5-6H,7-8H2,1-4H3,(H,15,17)(H,18,19). The first-order valence-electron chi connectivity index (χ1n) is 6.34. The van der Waals surface area contributed by atoms with Crippen molar-refractivity contribution in [1.82, 2.24) is 10.3 Å². The predicted octanol–water partition coefficient (Wildman–Crippen LogP) is 2.35. The quantitative estimate of drug-likeness (QED) is 0.815. The van der Waals surface area contributed by atoms with Crippen molar-refractivity contribution in [2.75, 3.05) is 12.3 Å². The van der Waals surface area contributed by atoms with Crippen molar-refractivity contribution in [2.45, 2.75) is 32.4 Å². The Kier molecular flexibility index (Phi) is 5.56. The van der Waals surface area contributed by atoms with Crippen LogP contribution >= 0.6 is 11.8 Å².